The zero-order chi connectivity index (χ0) is 23.5. The van der Waals surface area contributed by atoms with Gasteiger partial charge in [-0.05, 0) is 74.9 Å². The number of amides is 2. The Morgan fingerprint density at radius 1 is 1.00 bits per heavy atom. The van der Waals surface area contributed by atoms with Crippen LogP contribution in [-0.2, 0) is 16.1 Å². The summed E-state index contributed by atoms with van der Waals surface area (Å²) in [6.45, 7) is 4.42. The van der Waals surface area contributed by atoms with E-state index in [-0.39, 0.29) is 23.3 Å². The van der Waals surface area contributed by atoms with E-state index in [0.717, 1.165) is 69.2 Å². The fourth-order valence-electron chi connectivity index (χ4n) is 5.48. The molecule has 2 saturated heterocycles. The van der Waals surface area contributed by atoms with E-state index >= 15 is 0 Å². The Bertz CT molecular complexity index is 998. The fourth-order valence-corrected chi connectivity index (χ4v) is 5.74. The van der Waals surface area contributed by atoms with Crippen LogP contribution in [0, 0.1) is 11.3 Å². The maximum Gasteiger partial charge on any atom is 0.229 e. The molecule has 0 radical (unpaired) electrons. The number of likely N-dealkylation sites (tertiary alicyclic amines) is 2. The number of nitrogens with one attached hydrogen (secondary N) is 1. The average Bonchev–Trinajstić information content (AvgIpc) is 3.68. The van der Waals surface area contributed by atoms with Gasteiger partial charge in [0.25, 0.3) is 0 Å². The third-order valence-corrected chi connectivity index (χ3v) is 8.43. The molecule has 180 valence electrons. The van der Waals surface area contributed by atoms with Crippen LogP contribution in [0.3, 0.4) is 0 Å². The molecule has 2 aromatic carbocycles. The summed E-state index contributed by atoms with van der Waals surface area (Å²) in [5, 5.41) is 3.29. The van der Waals surface area contributed by atoms with Crippen LogP contribution < -0.4 is 5.32 Å². The van der Waals surface area contributed by atoms with Crippen LogP contribution in [0.25, 0.3) is 0 Å². The van der Waals surface area contributed by atoms with Gasteiger partial charge in [-0.15, -0.1) is 0 Å². The van der Waals surface area contributed by atoms with Gasteiger partial charge in [-0.1, -0.05) is 58.4 Å². The second-order valence-corrected chi connectivity index (χ2v) is 11.2. The number of hydrogen-bond donors (Lipinski definition) is 1. The van der Waals surface area contributed by atoms with Crippen LogP contribution in [0.5, 0.6) is 0 Å². The first-order chi connectivity index (χ1) is 16.5. The summed E-state index contributed by atoms with van der Waals surface area (Å²) in [6.07, 6.45) is 5.79. The van der Waals surface area contributed by atoms with E-state index < -0.39 is 0 Å². The Morgan fingerprint density at radius 3 is 2.35 bits per heavy atom. The van der Waals surface area contributed by atoms with E-state index in [1.54, 1.807) is 0 Å². The standard InChI is InChI=1S/C28H34BrN3O2/c29-24-10-6-21(7-11-24)20-32-19-15-28(27(32)34)13-17-31(18-14-28)16-12-25(22-4-2-1-3-5-22)30-26(33)23-8-9-23/h1-7,10-11,23,25H,8-9,12-20H2,(H,30,33). The molecule has 5 nitrogen and oxygen atoms in total. The average molecular weight is 525 g/mol. The molecule has 34 heavy (non-hydrogen) atoms. The van der Waals surface area contributed by atoms with Crippen molar-refractivity contribution in [3.63, 3.8) is 0 Å². The number of piperidine rings is 1. The first-order valence-corrected chi connectivity index (χ1v) is 13.4. The van der Waals surface area contributed by atoms with Gasteiger partial charge in [-0.2, -0.15) is 0 Å². The second kappa shape index (κ2) is 10.2. The molecule has 1 aliphatic carbocycles. The lowest BCUT2D eigenvalue weighted by Gasteiger charge is -2.38. The summed E-state index contributed by atoms with van der Waals surface area (Å²) >= 11 is 3.48. The van der Waals surface area contributed by atoms with E-state index in [1.165, 1.54) is 11.1 Å². The molecular weight excluding hydrogens is 490 g/mol. The normalized spacial score (nSPS) is 21.1. The minimum Gasteiger partial charge on any atom is -0.349 e. The van der Waals surface area contributed by atoms with E-state index in [2.05, 4.69) is 55.3 Å². The first-order valence-electron chi connectivity index (χ1n) is 12.6. The minimum absolute atomic E-state index is 0.0553. The van der Waals surface area contributed by atoms with Crippen molar-refractivity contribution < 1.29 is 9.59 Å². The van der Waals surface area contributed by atoms with Gasteiger partial charge in [0.1, 0.15) is 0 Å². The molecule has 0 bridgehead atoms. The van der Waals surface area contributed by atoms with Gasteiger partial charge in [-0.25, -0.2) is 0 Å². The van der Waals surface area contributed by atoms with Crippen molar-refractivity contribution in [1.29, 1.82) is 0 Å². The zero-order valence-corrected chi connectivity index (χ0v) is 21.3. The molecule has 2 aromatic rings. The number of carbonyl (C=O) groups is 2. The predicted molar refractivity (Wildman–Crippen MR) is 137 cm³/mol. The van der Waals surface area contributed by atoms with E-state index in [9.17, 15) is 9.59 Å². The van der Waals surface area contributed by atoms with E-state index in [1.807, 2.05) is 30.3 Å². The summed E-state index contributed by atoms with van der Waals surface area (Å²) in [6, 6.07) is 18.7. The van der Waals surface area contributed by atoms with Crippen LogP contribution in [-0.4, -0.2) is 47.8 Å². The number of carbonyl (C=O) groups excluding carboxylic acids is 2. The molecule has 5 rings (SSSR count). The van der Waals surface area contributed by atoms with Gasteiger partial charge < -0.3 is 15.1 Å². The minimum atomic E-state index is -0.176. The van der Waals surface area contributed by atoms with Crippen molar-refractivity contribution in [3.05, 3.63) is 70.2 Å². The molecule has 2 aliphatic heterocycles. The number of nitrogens with zero attached hydrogens (tertiary/aromatic N) is 2. The molecule has 6 heteroatoms. The Hall–Kier alpha value is -2.18. The summed E-state index contributed by atoms with van der Waals surface area (Å²) in [5.41, 5.74) is 2.19. The first kappa shape index (κ1) is 23.6. The smallest absolute Gasteiger partial charge is 0.229 e. The zero-order valence-electron chi connectivity index (χ0n) is 19.7. The van der Waals surface area contributed by atoms with Crippen molar-refractivity contribution in [1.82, 2.24) is 15.1 Å². The Kier molecular flexibility index (Phi) is 7.07. The van der Waals surface area contributed by atoms with Crippen LogP contribution in [0.2, 0.25) is 0 Å². The monoisotopic (exact) mass is 523 g/mol. The molecule has 3 fully saturated rings. The maximum atomic E-state index is 13.4. The molecule has 1 atom stereocenters. The van der Waals surface area contributed by atoms with Crippen molar-refractivity contribution >= 4 is 27.7 Å². The van der Waals surface area contributed by atoms with Crippen molar-refractivity contribution in [2.75, 3.05) is 26.2 Å². The van der Waals surface area contributed by atoms with Gasteiger partial charge >= 0.3 is 0 Å². The Labute approximate surface area is 211 Å². The predicted octanol–water partition coefficient (Wildman–Crippen LogP) is 4.92. The lowest BCUT2D eigenvalue weighted by molar-refractivity contribution is -0.139. The summed E-state index contributed by atoms with van der Waals surface area (Å²) in [5.74, 6) is 0.762. The summed E-state index contributed by atoms with van der Waals surface area (Å²) < 4.78 is 1.06. The number of halogens is 1. The topological polar surface area (TPSA) is 52.7 Å². The highest BCUT2D eigenvalue weighted by Crippen LogP contribution is 2.42. The molecular formula is C28H34BrN3O2. The van der Waals surface area contributed by atoms with Gasteiger partial charge in [0.15, 0.2) is 0 Å². The third kappa shape index (κ3) is 5.38. The third-order valence-electron chi connectivity index (χ3n) is 7.90. The van der Waals surface area contributed by atoms with Crippen molar-refractivity contribution in [2.24, 2.45) is 11.3 Å². The summed E-state index contributed by atoms with van der Waals surface area (Å²) in [7, 11) is 0. The Balaban J connectivity index is 1.14. The van der Waals surface area contributed by atoms with Crippen molar-refractivity contribution in [2.45, 2.75) is 51.1 Å². The van der Waals surface area contributed by atoms with Crippen LogP contribution >= 0.6 is 15.9 Å². The molecule has 1 spiro atoms. The van der Waals surface area contributed by atoms with Gasteiger partial charge in [-0.3, -0.25) is 9.59 Å². The van der Waals surface area contributed by atoms with Gasteiger partial charge in [0.2, 0.25) is 11.8 Å². The molecule has 1 saturated carbocycles. The molecule has 1 unspecified atom stereocenters. The molecule has 3 aliphatic rings. The Morgan fingerprint density at radius 2 is 1.68 bits per heavy atom. The van der Waals surface area contributed by atoms with Gasteiger partial charge in [0, 0.05) is 30.0 Å². The highest BCUT2D eigenvalue weighted by molar-refractivity contribution is 9.10. The van der Waals surface area contributed by atoms with Crippen LogP contribution in [0.1, 0.15) is 55.7 Å². The fraction of sp³-hybridized carbons (Fsp3) is 0.500. The molecule has 0 aromatic heterocycles. The maximum absolute atomic E-state index is 13.4. The number of benzene rings is 2. The number of rotatable bonds is 8. The summed E-state index contributed by atoms with van der Waals surface area (Å²) in [4.78, 5) is 30.3. The van der Waals surface area contributed by atoms with Crippen molar-refractivity contribution in [3.8, 4) is 0 Å². The lowest BCUT2D eigenvalue weighted by atomic mass is 9.77. The highest BCUT2D eigenvalue weighted by Gasteiger charge is 2.47. The van der Waals surface area contributed by atoms with Crippen LogP contribution in [0.4, 0.5) is 0 Å². The van der Waals surface area contributed by atoms with Gasteiger partial charge in [0.05, 0.1) is 11.5 Å². The quantitative estimate of drug-likeness (QED) is 0.534. The molecule has 1 N–H and O–H groups in total. The largest absolute Gasteiger partial charge is 0.349 e. The number of hydrogen-bond acceptors (Lipinski definition) is 3. The lowest BCUT2D eigenvalue weighted by Crippen LogP contribution is -2.45. The molecule has 2 amide bonds. The second-order valence-electron chi connectivity index (χ2n) is 10.3. The van der Waals surface area contributed by atoms with Crippen LogP contribution in [0.15, 0.2) is 59.1 Å². The van der Waals surface area contributed by atoms with E-state index in [4.69, 9.17) is 0 Å². The SMILES string of the molecule is O=C(NC(CCN1CCC2(CC1)CCN(Cc1ccc(Br)cc1)C2=O)c1ccccc1)C1CC1. The van der Waals surface area contributed by atoms with E-state index in [0.29, 0.717) is 12.5 Å². The molecule has 2 heterocycles. The highest BCUT2D eigenvalue weighted by atomic mass is 79.9.